The maximum absolute atomic E-state index is 12.4. The number of benzene rings is 2. The Morgan fingerprint density at radius 3 is 2.42 bits per heavy atom. The molecule has 0 saturated heterocycles. The molecule has 0 saturated carbocycles. The monoisotopic (exact) mass is 420 g/mol. The minimum Gasteiger partial charge on any atom is -0.325 e. The third-order valence-corrected chi connectivity index (χ3v) is 5.26. The number of anilines is 2. The van der Waals surface area contributed by atoms with Crippen LogP contribution < -0.4 is 16.1 Å². The van der Waals surface area contributed by atoms with E-state index in [0.29, 0.717) is 11.4 Å². The molecule has 1 aliphatic carbocycles. The van der Waals surface area contributed by atoms with Gasteiger partial charge in [-0.2, -0.15) is 5.10 Å². The maximum atomic E-state index is 12.4. The second-order valence-electron chi connectivity index (χ2n) is 7.67. The number of fused-ring (bicyclic) bond motifs is 1. The second-order valence-corrected chi connectivity index (χ2v) is 7.67. The normalized spacial score (nSPS) is 13.2. The molecule has 0 bridgehead atoms. The topological polar surface area (TPSA) is 99.7 Å². The van der Waals surface area contributed by atoms with Crippen LogP contribution in [0.15, 0.2) is 47.6 Å². The van der Waals surface area contributed by atoms with Crippen molar-refractivity contribution in [2.45, 2.75) is 52.4 Å². The fourth-order valence-electron chi connectivity index (χ4n) is 3.57. The molecule has 0 fully saturated rings. The van der Waals surface area contributed by atoms with Crippen LogP contribution in [-0.2, 0) is 33.6 Å². The lowest BCUT2D eigenvalue weighted by molar-refractivity contribution is -0.136. The fraction of sp³-hybridized carbons (Fsp3) is 0.333. The summed E-state index contributed by atoms with van der Waals surface area (Å²) in [6.45, 7) is 3.66. The zero-order valence-electron chi connectivity index (χ0n) is 18.0. The van der Waals surface area contributed by atoms with Crippen molar-refractivity contribution in [2.75, 3.05) is 10.6 Å². The van der Waals surface area contributed by atoms with Crippen molar-refractivity contribution in [1.29, 1.82) is 0 Å². The molecule has 0 unspecified atom stereocenters. The van der Waals surface area contributed by atoms with Crippen molar-refractivity contribution >= 4 is 34.8 Å². The van der Waals surface area contributed by atoms with E-state index in [-0.39, 0.29) is 12.3 Å². The van der Waals surface area contributed by atoms with Gasteiger partial charge in [0.05, 0.1) is 6.42 Å². The SMILES string of the molecule is CCc1ccc(NC(=O)C(=O)N/N=C(\C)CC(=O)Nc2cccc3c2CCCC3)cc1. The molecule has 0 spiro atoms. The molecule has 7 heteroatoms. The Balaban J connectivity index is 1.50. The summed E-state index contributed by atoms with van der Waals surface area (Å²) in [6, 6.07) is 13.2. The fourth-order valence-corrected chi connectivity index (χ4v) is 3.57. The van der Waals surface area contributed by atoms with Gasteiger partial charge in [-0.25, -0.2) is 5.43 Å². The summed E-state index contributed by atoms with van der Waals surface area (Å²) in [4.78, 5) is 36.4. The summed E-state index contributed by atoms with van der Waals surface area (Å²) < 4.78 is 0. The number of rotatable bonds is 6. The second kappa shape index (κ2) is 10.5. The van der Waals surface area contributed by atoms with Crippen molar-refractivity contribution in [3.63, 3.8) is 0 Å². The maximum Gasteiger partial charge on any atom is 0.329 e. The molecule has 3 N–H and O–H groups in total. The van der Waals surface area contributed by atoms with E-state index in [2.05, 4.69) is 27.2 Å². The standard InChI is InChI=1S/C24H28N4O3/c1-3-17-11-13-19(14-12-17)25-23(30)24(31)28-27-16(2)15-22(29)26-21-10-6-8-18-7-4-5-9-20(18)21/h6,8,10-14H,3-5,7,9,15H2,1-2H3,(H,25,30)(H,26,29)(H,28,31)/b27-16+. The molecule has 0 aliphatic heterocycles. The average Bonchev–Trinajstić information content (AvgIpc) is 2.78. The number of nitrogens with zero attached hydrogens (tertiary/aromatic N) is 1. The Hall–Kier alpha value is -3.48. The van der Waals surface area contributed by atoms with Gasteiger partial charge < -0.3 is 10.6 Å². The first-order valence-corrected chi connectivity index (χ1v) is 10.6. The highest BCUT2D eigenvalue weighted by molar-refractivity contribution is 6.39. The summed E-state index contributed by atoms with van der Waals surface area (Å²) in [6.07, 6.45) is 5.21. The van der Waals surface area contributed by atoms with Crippen LogP contribution in [0.4, 0.5) is 11.4 Å². The first-order chi connectivity index (χ1) is 15.0. The molecular formula is C24H28N4O3. The number of carbonyl (C=O) groups is 3. The van der Waals surface area contributed by atoms with Gasteiger partial charge in [-0.1, -0.05) is 31.2 Å². The van der Waals surface area contributed by atoms with E-state index in [1.807, 2.05) is 31.2 Å². The highest BCUT2D eigenvalue weighted by Crippen LogP contribution is 2.27. The minimum atomic E-state index is -0.892. The van der Waals surface area contributed by atoms with Gasteiger partial charge >= 0.3 is 11.8 Å². The van der Waals surface area contributed by atoms with Gasteiger partial charge in [0.2, 0.25) is 5.91 Å². The van der Waals surface area contributed by atoms with Crippen LogP contribution in [-0.4, -0.2) is 23.4 Å². The summed E-state index contributed by atoms with van der Waals surface area (Å²) in [5.74, 6) is -1.92. The lowest BCUT2D eigenvalue weighted by Crippen LogP contribution is -2.33. The molecule has 31 heavy (non-hydrogen) atoms. The third-order valence-electron chi connectivity index (χ3n) is 5.26. The van der Waals surface area contributed by atoms with Crippen molar-refractivity contribution in [2.24, 2.45) is 5.10 Å². The zero-order valence-corrected chi connectivity index (χ0v) is 18.0. The van der Waals surface area contributed by atoms with Crippen LogP contribution in [0.2, 0.25) is 0 Å². The van der Waals surface area contributed by atoms with Crippen molar-refractivity contribution in [3.8, 4) is 0 Å². The van der Waals surface area contributed by atoms with Crippen LogP contribution in [0.3, 0.4) is 0 Å². The van der Waals surface area contributed by atoms with Gasteiger partial charge in [0, 0.05) is 17.1 Å². The summed E-state index contributed by atoms with van der Waals surface area (Å²) >= 11 is 0. The molecule has 2 aromatic carbocycles. The van der Waals surface area contributed by atoms with Crippen LogP contribution in [0.25, 0.3) is 0 Å². The van der Waals surface area contributed by atoms with E-state index < -0.39 is 11.8 Å². The molecule has 3 rings (SSSR count). The Morgan fingerprint density at radius 2 is 1.68 bits per heavy atom. The van der Waals surface area contributed by atoms with Gasteiger partial charge in [0.15, 0.2) is 0 Å². The molecule has 2 aromatic rings. The van der Waals surface area contributed by atoms with Crippen molar-refractivity contribution in [3.05, 3.63) is 59.2 Å². The van der Waals surface area contributed by atoms with Crippen LogP contribution in [0.5, 0.6) is 0 Å². The van der Waals surface area contributed by atoms with Gasteiger partial charge in [-0.15, -0.1) is 0 Å². The highest BCUT2D eigenvalue weighted by atomic mass is 16.2. The molecule has 162 valence electrons. The summed E-state index contributed by atoms with van der Waals surface area (Å²) in [5, 5.41) is 9.34. The number of hydrogen-bond donors (Lipinski definition) is 3. The predicted molar refractivity (Wildman–Crippen MR) is 122 cm³/mol. The largest absolute Gasteiger partial charge is 0.329 e. The minimum absolute atomic E-state index is 0.0179. The quantitative estimate of drug-likeness (QED) is 0.378. The number of nitrogens with one attached hydrogen (secondary N) is 3. The zero-order chi connectivity index (χ0) is 22.2. The van der Waals surface area contributed by atoms with Crippen molar-refractivity contribution < 1.29 is 14.4 Å². The van der Waals surface area contributed by atoms with Crippen LogP contribution in [0.1, 0.15) is 49.8 Å². The Morgan fingerprint density at radius 1 is 0.935 bits per heavy atom. The summed E-state index contributed by atoms with van der Waals surface area (Å²) in [7, 11) is 0. The van der Waals surface area contributed by atoms with Crippen molar-refractivity contribution in [1.82, 2.24) is 5.43 Å². The smallest absolute Gasteiger partial charge is 0.325 e. The molecule has 0 atom stereocenters. The van der Waals surface area contributed by atoms with Crippen LogP contribution >= 0.6 is 0 Å². The molecule has 7 nitrogen and oxygen atoms in total. The summed E-state index contributed by atoms with van der Waals surface area (Å²) in [5.41, 5.74) is 7.60. The third kappa shape index (κ3) is 6.25. The van der Waals surface area contributed by atoms with E-state index in [9.17, 15) is 14.4 Å². The van der Waals surface area contributed by atoms with E-state index in [0.717, 1.165) is 36.9 Å². The lowest BCUT2D eigenvalue weighted by Gasteiger charge is -2.19. The first kappa shape index (κ1) is 22.2. The number of hydrazone groups is 1. The van der Waals surface area contributed by atoms with Gasteiger partial charge in [0.25, 0.3) is 0 Å². The predicted octanol–water partition coefficient (Wildman–Crippen LogP) is 3.59. The number of amides is 3. The van der Waals surface area contributed by atoms with E-state index in [1.54, 1.807) is 19.1 Å². The first-order valence-electron chi connectivity index (χ1n) is 10.6. The van der Waals surface area contributed by atoms with Gasteiger partial charge in [0.1, 0.15) is 0 Å². The highest BCUT2D eigenvalue weighted by Gasteiger charge is 2.16. The lowest BCUT2D eigenvalue weighted by atomic mass is 9.90. The Kier molecular flexibility index (Phi) is 7.54. The van der Waals surface area contributed by atoms with E-state index >= 15 is 0 Å². The Bertz CT molecular complexity index is 996. The molecule has 0 radical (unpaired) electrons. The van der Waals surface area contributed by atoms with E-state index in [4.69, 9.17) is 0 Å². The molecule has 0 aromatic heterocycles. The number of hydrogen-bond acceptors (Lipinski definition) is 4. The van der Waals surface area contributed by atoms with E-state index in [1.165, 1.54) is 17.5 Å². The molecular weight excluding hydrogens is 392 g/mol. The molecule has 0 heterocycles. The molecule has 3 amide bonds. The number of aryl methyl sites for hydroxylation is 2. The Labute approximate surface area is 182 Å². The number of carbonyl (C=O) groups excluding carboxylic acids is 3. The van der Waals surface area contributed by atoms with Gasteiger partial charge in [-0.05, 0) is 73.9 Å². The van der Waals surface area contributed by atoms with Gasteiger partial charge in [-0.3, -0.25) is 14.4 Å². The van der Waals surface area contributed by atoms with Crippen LogP contribution in [0, 0.1) is 0 Å². The average molecular weight is 421 g/mol. The molecule has 1 aliphatic rings.